The number of nitrogens with zero attached hydrogens (tertiary/aromatic N) is 1. The standard InChI is InChI=1S/C14H24N2.C7H16.C2H6/c1-6-7-8-14(11-13(4)5)16-15-10-9-12(2)3;1-3-5-7-6-4-2;1-2/h9-11,15H,2,6-8H2,1,3-5H3;3-7H2,1-2H3;1-2H3/b10-9-,16-14-;;. The molecule has 0 saturated heterocycles. The van der Waals surface area contributed by atoms with E-state index in [9.17, 15) is 0 Å². The highest BCUT2D eigenvalue weighted by molar-refractivity contribution is 5.95. The molecule has 0 rings (SSSR count). The number of rotatable bonds is 11. The summed E-state index contributed by atoms with van der Waals surface area (Å²) in [6.45, 7) is 20.6. The van der Waals surface area contributed by atoms with Gasteiger partial charge in [-0.15, -0.1) is 0 Å². The average molecular weight is 351 g/mol. The van der Waals surface area contributed by atoms with Gasteiger partial charge in [-0.1, -0.05) is 90.9 Å². The third kappa shape index (κ3) is 31.0. The fourth-order valence-corrected chi connectivity index (χ4v) is 1.83. The summed E-state index contributed by atoms with van der Waals surface area (Å²) in [5, 5.41) is 4.34. The smallest absolute Gasteiger partial charge is 0.0606 e. The van der Waals surface area contributed by atoms with Gasteiger partial charge in [-0.05, 0) is 45.8 Å². The zero-order chi connectivity index (χ0) is 19.9. The van der Waals surface area contributed by atoms with Crippen LogP contribution < -0.4 is 5.43 Å². The maximum atomic E-state index is 4.34. The van der Waals surface area contributed by atoms with Crippen LogP contribution in [0.2, 0.25) is 0 Å². The number of hydrogen-bond donors (Lipinski definition) is 1. The summed E-state index contributed by atoms with van der Waals surface area (Å²) < 4.78 is 0. The first-order valence-corrected chi connectivity index (χ1v) is 10.3. The van der Waals surface area contributed by atoms with Crippen LogP contribution in [0.4, 0.5) is 0 Å². The quantitative estimate of drug-likeness (QED) is 0.173. The van der Waals surface area contributed by atoms with Crippen molar-refractivity contribution in [2.24, 2.45) is 5.10 Å². The Morgan fingerprint density at radius 2 is 1.40 bits per heavy atom. The highest BCUT2D eigenvalue weighted by atomic mass is 15.3. The van der Waals surface area contributed by atoms with Crippen molar-refractivity contribution in [3.05, 3.63) is 36.1 Å². The molecule has 0 aliphatic rings. The topological polar surface area (TPSA) is 24.4 Å². The van der Waals surface area contributed by atoms with Gasteiger partial charge >= 0.3 is 0 Å². The number of nitrogens with one attached hydrogen (secondary N) is 1. The van der Waals surface area contributed by atoms with Crippen molar-refractivity contribution in [1.29, 1.82) is 0 Å². The van der Waals surface area contributed by atoms with Gasteiger partial charge in [0, 0.05) is 6.20 Å². The molecule has 2 nitrogen and oxygen atoms in total. The van der Waals surface area contributed by atoms with Gasteiger partial charge in [-0.25, -0.2) is 0 Å². The van der Waals surface area contributed by atoms with Crippen LogP contribution in [0.15, 0.2) is 41.2 Å². The first-order chi connectivity index (χ1) is 12.0. The lowest BCUT2D eigenvalue weighted by Gasteiger charge is -2.01. The van der Waals surface area contributed by atoms with Crippen LogP contribution in [0, 0.1) is 0 Å². The lowest BCUT2D eigenvalue weighted by molar-refractivity contribution is 0.656. The number of hydrogen-bond acceptors (Lipinski definition) is 2. The number of allylic oxidation sites excluding steroid dienone is 4. The molecule has 0 aromatic heterocycles. The van der Waals surface area contributed by atoms with E-state index >= 15 is 0 Å². The van der Waals surface area contributed by atoms with Crippen LogP contribution in [0.1, 0.15) is 107 Å². The van der Waals surface area contributed by atoms with Gasteiger partial charge in [-0.3, -0.25) is 5.43 Å². The molecular formula is C23H46N2. The molecule has 0 saturated carbocycles. The predicted octanol–water partition coefficient (Wildman–Crippen LogP) is 8.18. The van der Waals surface area contributed by atoms with Crippen LogP contribution in [-0.4, -0.2) is 5.71 Å². The average Bonchev–Trinajstić information content (AvgIpc) is 2.58. The molecule has 0 atom stereocenters. The van der Waals surface area contributed by atoms with Gasteiger partial charge in [0.25, 0.3) is 0 Å². The second kappa shape index (κ2) is 24.9. The molecule has 25 heavy (non-hydrogen) atoms. The van der Waals surface area contributed by atoms with Crippen molar-refractivity contribution in [1.82, 2.24) is 5.43 Å². The zero-order valence-electron chi connectivity index (χ0n) is 18.5. The Hall–Kier alpha value is -1.31. The fourth-order valence-electron chi connectivity index (χ4n) is 1.83. The lowest BCUT2D eigenvalue weighted by atomic mass is 10.1. The Morgan fingerprint density at radius 1 is 0.880 bits per heavy atom. The van der Waals surface area contributed by atoms with Gasteiger partial charge in [0.2, 0.25) is 0 Å². The van der Waals surface area contributed by atoms with Crippen LogP contribution in [0.5, 0.6) is 0 Å². The largest absolute Gasteiger partial charge is 0.286 e. The minimum Gasteiger partial charge on any atom is -0.286 e. The van der Waals surface area contributed by atoms with Gasteiger partial charge < -0.3 is 0 Å². The summed E-state index contributed by atoms with van der Waals surface area (Å²) in [6.07, 6.45) is 16.2. The second-order valence-electron chi connectivity index (χ2n) is 6.30. The predicted molar refractivity (Wildman–Crippen MR) is 119 cm³/mol. The Labute approximate surface area is 159 Å². The van der Waals surface area contributed by atoms with E-state index in [2.05, 4.69) is 57.8 Å². The number of hydrazone groups is 1. The molecule has 0 aliphatic heterocycles. The molecule has 2 heteroatoms. The molecule has 0 unspecified atom stereocenters. The molecule has 0 fully saturated rings. The molecule has 0 bridgehead atoms. The van der Waals surface area contributed by atoms with E-state index in [0.717, 1.165) is 17.7 Å². The van der Waals surface area contributed by atoms with E-state index in [-0.39, 0.29) is 0 Å². The van der Waals surface area contributed by atoms with E-state index in [1.165, 1.54) is 50.5 Å². The monoisotopic (exact) mass is 350 g/mol. The highest BCUT2D eigenvalue weighted by Crippen LogP contribution is 2.01. The van der Waals surface area contributed by atoms with Crippen molar-refractivity contribution in [3.63, 3.8) is 0 Å². The van der Waals surface area contributed by atoms with Crippen LogP contribution >= 0.6 is 0 Å². The van der Waals surface area contributed by atoms with Crippen LogP contribution in [-0.2, 0) is 0 Å². The second-order valence-corrected chi connectivity index (χ2v) is 6.30. The molecule has 0 radical (unpaired) electrons. The van der Waals surface area contributed by atoms with E-state index in [0.29, 0.717) is 0 Å². The van der Waals surface area contributed by atoms with Crippen LogP contribution in [0.25, 0.3) is 0 Å². The van der Waals surface area contributed by atoms with Gasteiger partial charge in [0.1, 0.15) is 0 Å². The molecule has 148 valence electrons. The van der Waals surface area contributed by atoms with E-state index in [4.69, 9.17) is 0 Å². The van der Waals surface area contributed by atoms with Gasteiger partial charge in [0.05, 0.1) is 5.71 Å². The maximum Gasteiger partial charge on any atom is 0.0606 e. The molecule has 0 spiro atoms. The minimum absolute atomic E-state index is 1.01. The summed E-state index contributed by atoms with van der Waals surface area (Å²) in [6, 6.07) is 0. The minimum atomic E-state index is 1.01. The summed E-state index contributed by atoms with van der Waals surface area (Å²) in [5.74, 6) is 0. The van der Waals surface area contributed by atoms with E-state index in [1.54, 1.807) is 0 Å². The SMILES string of the molecule is C=C(C)/C=C\N/N=C(\C=C(C)C)CCCC.CC.CCCCCCC. The lowest BCUT2D eigenvalue weighted by Crippen LogP contribution is -2.03. The summed E-state index contributed by atoms with van der Waals surface area (Å²) >= 11 is 0. The van der Waals surface area contributed by atoms with Crippen molar-refractivity contribution in [3.8, 4) is 0 Å². The van der Waals surface area contributed by atoms with Crippen molar-refractivity contribution in [2.45, 2.75) is 107 Å². The molecule has 0 aliphatic carbocycles. The van der Waals surface area contributed by atoms with Crippen LogP contribution in [0.3, 0.4) is 0 Å². The normalized spacial score (nSPS) is 10.3. The van der Waals surface area contributed by atoms with E-state index in [1.807, 2.05) is 33.0 Å². The van der Waals surface area contributed by atoms with Crippen molar-refractivity contribution >= 4 is 5.71 Å². The third-order valence-corrected chi connectivity index (χ3v) is 3.10. The summed E-state index contributed by atoms with van der Waals surface area (Å²) in [4.78, 5) is 0. The molecule has 1 N–H and O–H groups in total. The first-order valence-electron chi connectivity index (χ1n) is 10.3. The first kappa shape index (κ1) is 28.5. The molecule has 0 aromatic rings. The molecule has 0 amide bonds. The molecule has 0 heterocycles. The Bertz CT molecular complexity index is 354. The summed E-state index contributed by atoms with van der Waals surface area (Å²) in [5.41, 5.74) is 6.33. The maximum absolute atomic E-state index is 4.34. The molecular weight excluding hydrogens is 304 g/mol. The highest BCUT2D eigenvalue weighted by Gasteiger charge is 1.94. The Kier molecular flexibility index (Phi) is 28.4. The Morgan fingerprint density at radius 3 is 1.80 bits per heavy atom. The Balaban J connectivity index is -0.000000450. The van der Waals surface area contributed by atoms with Gasteiger partial charge in [0.15, 0.2) is 0 Å². The van der Waals surface area contributed by atoms with E-state index < -0.39 is 0 Å². The number of unbranched alkanes of at least 4 members (excludes halogenated alkanes) is 5. The molecule has 0 aromatic carbocycles. The van der Waals surface area contributed by atoms with Crippen molar-refractivity contribution < 1.29 is 0 Å². The van der Waals surface area contributed by atoms with Crippen molar-refractivity contribution in [2.75, 3.05) is 0 Å². The van der Waals surface area contributed by atoms with Gasteiger partial charge in [-0.2, -0.15) is 5.10 Å². The summed E-state index contributed by atoms with van der Waals surface area (Å²) in [7, 11) is 0. The fraction of sp³-hybridized carbons (Fsp3) is 0.696. The zero-order valence-corrected chi connectivity index (χ0v) is 18.5. The third-order valence-electron chi connectivity index (χ3n) is 3.10.